The van der Waals surface area contributed by atoms with Crippen molar-refractivity contribution in [2.45, 2.75) is 32.4 Å². The van der Waals surface area contributed by atoms with Crippen LogP contribution in [-0.4, -0.2) is 43.4 Å². The van der Waals surface area contributed by atoms with Gasteiger partial charge in [-0.1, -0.05) is 25.4 Å². The van der Waals surface area contributed by atoms with Crippen molar-refractivity contribution in [3.63, 3.8) is 0 Å². The number of amides is 2. The lowest BCUT2D eigenvalue weighted by Gasteiger charge is -2.26. The fourth-order valence-corrected chi connectivity index (χ4v) is 3.76. The summed E-state index contributed by atoms with van der Waals surface area (Å²) in [5, 5.41) is 10.6. The zero-order valence-electron chi connectivity index (χ0n) is 16.7. The molecule has 1 aromatic carbocycles. The zero-order valence-corrected chi connectivity index (χ0v) is 18.3. The molecule has 2 amide bonds. The van der Waals surface area contributed by atoms with Gasteiger partial charge in [0.05, 0.1) is 6.04 Å². The Bertz CT molecular complexity index is 760. The van der Waals surface area contributed by atoms with Crippen molar-refractivity contribution in [1.29, 1.82) is 0 Å². The highest BCUT2D eigenvalue weighted by Crippen LogP contribution is 2.20. The van der Waals surface area contributed by atoms with Gasteiger partial charge >= 0.3 is 0 Å². The second-order valence-electron chi connectivity index (χ2n) is 7.44. The van der Waals surface area contributed by atoms with Crippen LogP contribution in [0.1, 0.15) is 42.2 Å². The van der Waals surface area contributed by atoms with Gasteiger partial charge in [-0.25, -0.2) is 0 Å². The van der Waals surface area contributed by atoms with Gasteiger partial charge in [0.15, 0.2) is 0 Å². The Morgan fingerprint density at radius 1 is 1.14 bits per heavy atom. The Hall–Kier alpha value is -1.89. The number of thiophene rings is 1. The first-order valence-electron chi connectivity index (χ1n) is 9.30. The maximum Gasteiger partial charge on any atom is 0.251 e. The molecule has 0 aliphatic carbocycles. The van der Waals surface area contributed by atoms with Crippen LogP contribution in [-0.2, 0) is 4.79 Å². The summed E-state index contributed by atoms with van der Waals surface area (Å²) in [5.74, 6) is -0.180. The summed E-state index contributed by atoms with van der Waals surface area (Å²) in [6.45, 7) is 4.54. The average Bonchev–Trinajstić information content (AvgIpc) is 3.15. The molecule has 2 unspecified atom stereocenters. The van der Waals surface area contributed by atoms with Crippen LogP contribution < -0.4 is 10.6 Å². The number of carbonyl (C=O) groups is 2. The van der Waals surface area contributed by atoms with E-state index in [9.17, 15) is 9.59 Å². The molecule has 0 fully saturated rings. The smallest absolute Gasteiger partial charge is 0.251 e. The molecule has 28 heavy (non-hydrogen) atoms. The van der Waals surface area contributed by atoms with E-state index in [4.69, 9.17) is 11.6 Å². The van der Waals surface area contributed by atoms with Crippen molar-refractivity contribution in [2.24, 2.45) is 5.92 Å². The van der Waals surface area contributed by atoms with Crippen LogP contribution in [0, 0.1) is 5.92 Å². The molecule has 0 aliphatic heterocycles. The Morgan fingerprint density at radius 3 is 2.36 bits per heavy atom. The normalized spacial score (nSPS) is 13.4. The number of hydrogen-bond donors (Lipinski definition) is 2. The molecule has 0 spiro atoms. The maximum atomic E-state index is 12.8. The standard InChI is InChI=1S/C21H28ClN3O2S/c1-14(2)11-18(24-20(26)15-5-7-17(22)8-6-15)21(27)23-12-19(25(3)4)16-9-10-28-13-16/h5-10,13-14,18-19H,11-12H2,1-4H3,(H,23,27)(H,24,26). The van der Waals surface area contributed by atoms with Gasteiger partial charge in [0.2, 0.25) is 5.91 Å². The number of hydrogen-bond acceptors (Lipinski definition) is 4. The lowest BCUT2D eigenvalue weighted by atomic mass is 10.0. The second-order valence-corrected chi connectivity index (χ2v) is 8.66. The average molecular weight is 422 g/mol. The first-order chi connectivity index (χ1) is 13.3. The first-order valence-corrected chi connectivity index (χ1v) is 10.6. The first kappa shape index (κ1) is 22.4. The summed E-state index contributed by atoms with van der Waals surface area (Å²) in [6, 6.07) is 8.19. The molecule has 7 heteroatoms. The molecule has 2 N–H and O–H groups in total. The van der Waals surface area contributed by atoms with Crippen molar-refractivity contribution < 1.29 is 9.59 Å². The fraction of sp³-hybridized carbons (Fsp3) is 0.429. The predicted molar refractivity (Wildman–Crippen MR) is 116 cm³/mol. The van der Waals surface area contributed by atoms with Crippen LogP contribution >= 0.6 is 22.9 Å². The fourth-order valence-electron chi connectivity index (χ4n) is 2.93. The van der Waals surface area contributed by atoms with Gasteiger partial charge in [0, 0.05) is 17.1 Å². The number of likely N-dealkylation sites (N-methyl/N-ethyl adjacent to an activating group) is 1. The van der Waals surface area contributed by atoms with Gasteiger partial charge in [0.1, 0.15) is 6.04 Å². The van der Waals surface area contributed by atoms with Gasteiger partial charge in [-0.2, -0.15) is 11.3 Å². The number of nitrogens with zero attached hydrogens (tertiary/aromatic N) is 1. The van der Waals surface area contributed by atoms with Crippen molar-refractivity contribution in [2.75, 3.05) is 20.6 Å². The van der Waals surface area contributed by atoms with Crippen molar-refractivity contribution in [3.05, 3.63) is 57.2 Å². The maximum absolute atomic E-state index is 12.8. The Balaban J connectivity index is 2.03. The van der Waals surface area contributed by atoms with Gasteiger partial charge in [-0.15, -0.1) is 0 Å². The van der Waals surface area contributed by atoms with E-state index in [1.54, 1.807) is 35.6 Å². The zero-order chi connectivity index (χ0) is 20.7. The number of carbonyl (C=O) groups excluding carboxylic acids is 2. The van der Waals surface area contributed by atoms with E-state index in [0.717, 1.165) is 0 Å². The third-order valence-electron chi connectivity index (χ3n) is 4.46. The monoisotopic (exact) mass is 421 g/mol. The molecule has 1 aromatic heterocycles. The van der Waals surface area contributed by atoms with Crippen molar-refractivity contribution in [1.82, 2.24) is 15.5 Å². The number of benzene rings is 1. The molecule has 0 radical (unpaired) electrons. The molecule has 0 bridgehead atoms. The molecule has 0 saturated carbocycles. The van der Waals surface area contributed by atoms with Crippen LogP contribution in [0.15, 0.2) is 41.1 Å². The van der Waals surface area contributed by atoms with E-state index in [-0.39, 0.29) is 23.8 Å². The third kappa shape index (κ3) is 6.62. The SMILES string of the molecule is CC(C)CC(NC(=O)c1ccc(Cl)cc1)C(=O)NCC(c1ccsc1)N(C)C. The van der Waals surface area contributed by atoms with Crippen LogP contribution in [0.4, 0.5) is 0 Å². The molecule has 0 aliphatic rings. The van der Waals surface area contributed by atoms with Gasteiger partial charge < -0.3 is 15.5 Å². The van der Waals surface area contributed by atoms with Crippen LogP contribution in [0.3, 0.4) is 0 Å². The lowest BCUT2D eigenvalue weighted by Crippen LogP contribution is -2.49. The van der Waals surface area contributed by atoms with Gasteiger partial charge in [-0.05, 0) is 73.1 Å². The van der Waals surface area contributed by atoms with E-state index in [0.29, 0.717) is 23.6 Å². The minimum atomic E-state index is -0.589. The highest BCUT2D eigenvalue weighted by Gasteiger charge is 2.24. The van der Waals surface area contributed by atoms with Gasteiger partial charge in [-0.3, -0.25) is 9.59 Å². The molecule has 5 nitrogen and oxygen atoms in total. The highest BCUT2D eigenvalue weighted by atomic mass is 35.5. The van der Waals surface area contributed by atoms with Crippen LogP contribution in [0.2, 0.25) is 5.02 Å². The summed E-state index contributed by atoms with van der Waals surface area (Å²) >= 11 is 7.52. The Morgan fingerprint density at radius 2 is 1.82 bits per heavy atom. The lowest BCUT2D eigenvalue weighted by molar-refractivity contribution is -0.123. The van der Waals surface area contributed by atoms with E-state index in [1.807, 2.05) is 33.3 Å². The van der Waals surface area contributed by atoms with E-state index in [1.165, 1.54) is 5.56 Å². The predicted octanol–water partition coefficient (Wildman–Crippen LogP) is 3.97. The molecular formula is C21H28ClN3O2S. The van der Waals surface area contributed by atoms with E-state index in [2.05, 4.69) is 27.0 Å². The summed E-state index contributed by atoms with van der Waals surface area (Å²) in [7, 11) is 3.98. The highest BCUT2D eigenvalue weighted by molar-refractivity contribution is 7.08. The Labute approximate surface area is 176 Å². The number of nitrogens with one attached hydrogen (secondary N) is 2. The van der Waals surface area contributed by atoms with Crippen LogP contribution in [0.5, 0.6) is 0 Å². The number of halogens is 1. The quantitative estimate of drug-likeness (QED) is 0.644. The summed E-state index contributed by atoms with van der Waals surface area (Å²) in [5.41, 5.74) is 1.65. The molecule has 0 saturated heterocycles. The van der Waals surface area contributed by atoms with Crippen molar-refractivity contribution in [3.8, 4) is 0 Å². The van der Waals surface area contributed by atoms with E-state index < -0.39 is 6.04 Å². The topological polar surface area (TPSA) is 61.4 Å². The van der Waals surface area contributed by atoms with Gasteiger partial charge in [0.25, 0.3) is 5.91 Å². The molecule has 152 valence electrons. The minimum absolute atomic E-state index is 0.0851. The Kier molecular flexibility index (Phi) is 8.48. The largest absolute Gasteiger partial charge is 0.352 e. The number of rotatable bonds is 9. The van der Waals surface area contributed by atoms with Crippen LogP contribution in [0.25, 0.3) is 0 Å². The van der Waals surface area contributed by atoms with Crippen molar-refractivity contribution >= 4 is 34.8 Å². The molecule has 2 atom stereocenters. The summed E-state index contributed by atoms with van der Waals surface area (Å²) < 4.78 is 0. The molecule has 2 aromatic rings. The second kappa shape index (κ2) is 10.6. The summed E-state index contributed by atoms with van der Waals surface area (Å²) in [4.78, 5) is 27.5. The molecular weight excluding hydrogens is 394 g/mol. The molecule has 2 rings (SSSR count). The van der Waals surface area contributed by atoms with E-state index >= 15 is 0 Å². The third-order valence-corrected chi connectivity index (χ3v) is 5.41. The summed E-state index contributed by atoms with van der Waals surface area (Å²) in [6.07, 6.45) is 0.566. The minimum Gasteiger partial charge on any atom is -0.352 e. The molecule has 1 heterocycles.